The van der Waals surface area contributed by atoms with Crippen LogP contribution in [0.15, 0.2) is 66.9 Å². The number of hydrogen-bond acceptors (Lipinski definition) is 7. The Morgan fingerprint density at radius 3 is 1.93 bits per heavy atom. The number of ether oxygens (including phenoxy) is 3. The Hall–Kier alpha value is -4.67. The molecule has 0 aromatic heterocycles. The summed E-state index contributed by atoms with van der Waals surface area (Å²) in [5.41, 5.74) is 8.04. The van der Waals surface area contributed by atoms with Crippen LogP contribution in [-0.4, -0.2) is 61.4 Å². The summed E-state index contributed by atoms with van der Waals surface area (Å²) in [4.78, 5) is 36.4. The monoisotopic (exact) mass is 752 g/mol. The van der Waals surface area contributed by atoms with E-state index in [0.717, 1.165) is 17.7 Å². The fraction of sp³-hybridized carbons (Fsp3) is 0.425. The molecule has 0 heterocycles. The quantitative estimate of drug-likeness (QED) is 0.0977. The van der Waals surface area contributed by atoms with E-state index in [2.05, 4.69) is 25.7 Å². The number of anilines is 1. The van der Waals surface area contributed by atoms with Crippen LogP contribution in [-0.2, 0) is 22.6 Å². The van der Waals surface area contributed by atoms with Gasteiger partial charge in [-0.05, 0) is 60.7 Å². The molecule has 0 aliphatic rings. The summed E-state index contributed by atoms with van der Waals surface area (Å²) in [5, 5.41) is 7.86. The Morgan fingerprint density at radius 2 is 1.47 bits per heavy atom. The molecule has 0 aliphatic heterocycles. The summed E-state index contributed by atoms with van der Waals surface area (Å²) in [6.45, 7) is 15.1. The SMILES string of the molecule is CCCC.CCc1ccc(COC(=O)Nc2ccc(Oc3ccc(F)c(F)c3)cc2)c(OC)c1C(=O)C(C)CC.[B]CC([B])(C(=O)O)C([B])([B])C(C)C(=C)N. The third kappa shape index (κ3) is 13.2. The van der Waals surface area contributed by atoms with E-state index in [1.807, 2.05) is 26.8 Å². The number of rotatable bonds is 16. The average Bonchev–Trinajstić information content (AvgIpc) is 3.17. The van der Waals surface area contributed by atoms with E-state index >= 15 is 0 Å². The number of unbranched alkanes of at least 4 members (excludes halogenated alkanes) is 1. The molecule has 3 atom stereocenters. The summed E-state index contributed by atoms with van der Waals surface area (Å²) in [7, 11) is 23.8. The first-order valence-corrected chi connectivity index (χ1v) is 17.9. The molecule has 0 fully saturated rings. The van der Waals surface area contributed by atoms with E-state index in [-0.39, 0.29) is 29.8 Å². The van der Waals surface area contributed by atoms with Crippen LogP contribution in [0.25, 0.3) is 0 Å². The molecule has 9 nitrogen and oxygen atoms in total. The Bertz CT molecular complexity index is 1740. The molecule has 0 saturated heterocycles. The topological polar surface area (TPSA) is 137 Å². The molecule has 3 rings (SSSR count). The molecule has 0 aliphatic carbocycles. The van der Waals surface area contributed by atoms with E-state index in [0.29, 0.717) is 41.2 Å². The first kappa shape index (κ1) is 48.3. The lowest BCUT2D eigenvalue weighted by molar-refractivity contribution is -0.140. The van der Waals surface area contributed by atoms with Crippen molar-refractivity contribution in [2.24, 2.45) is 17.6 Å². The van der Waals surface area contributed by atoms with Crippen LogP contribution < -0.4 is 20.5 Å². The molecule has 0 saturated carbocycles. The molecule has 0 spiro atoms. The minimum absolute atomic E-state index is 0.00295. The molecule has 55 heavy (non-hydrogen) atoms. The van der Waals surface area contributed by atoms with Gasteiger partial charge in [0.2, 0.25) is 0 Å². The molecule has 1 amide bonds. The highest BCUT2D eigenvalue weighted by Gasteiger charge is 2.47. The van der Waals surface area contributed by atoms with Gasteiger partial charge in [0.1, 0.15) is 23.9 Å². The van der Waals surface area contributed by atoms with Crippen LogP contribution in [0.2, 0.25) is 16.8 Å². The van der Waals surface area contributed by atoms with Crippen molar-refractivity contribution in [2.45, 2.75) is 90.7 Å². The normalized spacial score (nSPS) is 12.9. The number of nitrogens with two attached hydrogens (primary N) is 1. The first-order chi connectivity index (χ1) is 25.8. The number of allylic oxidation sites excluding steroid dienone is 1. The number of aryl methyl sites for hydroxylation is 1. The lowest BCUT2D eigenvalue weighted by atomic mass is 9.30. The standard InChI is InChI=1S/C28H29F2NO5.C8H11B4NO2.C4H10/c1-5-17(3)26(32)25-18(6-2)7-8-19(27(25)34-4)16-35-28(33)31-20-9-11-21(12-10-20)36-22-13-14-23(29)24(30)15-22;1-4(5(2)13)8(11,12)7(10,3-9)6(14)15;1-3-4-2/h7-15,17H,5-6,16H2,1-4H3,(H,31,33);4H,2-3,13H2,1H3,(H,14,15);3-4H2,1-2H3. The van der Waals surface area contributed by atoms with Crippen LogP contribution in [0.4, 0.5) is 19.3 Å². The highest BCUT2D eigenvalue weighted by atomic mass is 19.2. The number of hydrogen-bond donors (Lipinski definition) is 3. The summed E-state index contributed by atoms with van der Waals surface area (Å²) in [5.74, 6) is -3.23. The van der Waals surface area contributed by atoms with Gasteiger partial charge in [-0.1, -0.05) is 84.6 Å². The minimum atomic E-state index is -1.95. The summed E-state index contributed by atoms with van der Waals surface area (Å²) < 4.78 is 42.8. The van der Waals surface area contributed by atoms with Crippen LogP contribution in [0.1, 0.15) is 82.3 Å². The second kappa shape index (κ2) is 22.6. The molecular formula is C40H50B4F2N2O7. The highest BCUT2D eigenvalue weighted by molar-refractivity contribution is 6.50. The number of amides is 1. The van der Waals surface area contributed by atoms with E-state index in [4.69, 9.17) is 56.4 Å². The van der Waals surface area contributed by atoms with Crippen molar-refractivity contribution in [3.63, 3.8) is 0 Å². The van der Waals surface area contributed by atoms with Gasteiger partial charge in [-0.15, -0.1) is 0 Å². The molecule has 288 valence electrons. The van der Waals surface area contributed by atoms with Crippen molar-refractivity contribution in [3.05, 3.63) is 95.2 Å². The largest absolute Gasteiger partial charge is 0.496 e. The van der Waals surface area contributed by atoms with Gasteiger partial charge in [-0.3, -0.25) is 14.9 Å². The number of carbonyl (C=O) groups is 3. The lowest BCUT2D eigenvalue weighted by Gasteiger charge is -2.47. The van der Waals surface area contributed by atoms with Gasteiger partial charge in [0.05, 0.1) is 44.1 Å². The summed E-state index contributed by atoms with van der Waals surface area (Å²) in [6, 6.07) is 13.2. The number of halogens is 2. The lowest BCUT2D eigenvalue weighted by Crippen LogP contribution is -2.43. The number of benzene rings is 3. The predicted molar refractivity (Wildman–Crippen MR) is 217 cm³/mol. The van der Waals surface area contributed by atoms with Crippen molar-refractivity contribution < 1.29 is 42.5 Å². The van der Waals surface area contributed by atoms with Gasteiger partial charge in [0.15, 0.2) is 17.4 Å². The van der Waals surface area contributed by atoms with Crippen molar-refractivity contribution >= 4 is 54.9 Å². The zero-order chi connectivity index (χ0) is 42.1. The zero-order valence-electron chi connectivity index (χ0n) is 32.8. The predicted octanol–water partition coefficient (Wildman–Crippen LogP) is 8.66. The Kier molecular flexibility index (Phi) is 19.9. The Labute approximate surface area is 329 Å². The number of ketones is 1. The fourth-order valence-corrected chi connectivity index (χ4v) is 4.73. The second-order valence-corrected chi connectivity index (χ2v) is 12.9. The number of carboxylic acid groups (broad SMARTS) is 1. The van der Waals surface area contributed by atoms with Crippen molar-refractivity contribution in [1.29, 1.82) is 0 Å². The van der Waals surface area contributed by atoms with E-state index in [1.54, 1.807) is 37.3 Å². The maximum Gasteiger partial charge on any atom is 0.411 e. The number of aliphatic carboxylic acids is 1. The summed E-state index contributed by atoms with van der Waals surface area (Å²) in [6.07, 6.45) is 2.93. The molecular weight excluding hydrogens is 702 g/mol. The molecule has 8 radical (unpaired) electrons. The molecule has 3 unspecified atom stereocenters. The van der Waals surface area contributed by atoms with Gasteiger partial charge >= 0.3 is 6.09 Å². The van der Waals surface area contributed by atoms with Crippen molar-refractivity contribution in [3.8, 4) is 17.2 Å². The molecule has 0 bridgehead atoms. The maximum atomic E-state index is 13.3. The molecule has 4 N–H and O–H groups in total. The van der Waals surface area contributed by atoms with Gasteiger partial charge in [-0.25, -0.2) is 13.6 Å². The number of methoxy groups -OCH3 is 1. The van der Waals surface area contributed by atoms with Gasteiger partial charge in [-0.2, -0.15) is 0 Å². The fourth-order valence-electron chi connectivity index (χ4n) is 4.73. The van der Waals surface area contributed by atoms with Gasteiger partial charge in [0.25, 0.3) is 5.97 Å². The number of Topliss-reactive ketones (excluding diaryl/α,β-unsaturated/α-hetero) is 1. The number of carboxylic acids is 1. The third-order valence-electron chi connectivity index (χ3n) is 9.05. The van der Waals surface area contributed by atoms with Crippen molar-refractivity contribution in [2.75, 3.05) is 12.4 Å². The number of carbonyl (C=O) groups excluding carboxylic acids is 2. The Morgan fingerprint density at radius 1 is 0.909 bits per heavy atom. The first-order valence-electron chi connectivity index (χ1n) is 17.9. The van der Waals surface area contributed by atoms with Gasteiger partial charge < -0.3 is 25.1 Å². The third-order valence-corrected chi connectivity index (χ3v) is 9.05. The molecule has 15 heteroatoms. The highest BCUT2D eigenvalue weighted by Crippen LogP contribution is 2.53. The van der Waals surface area contributed by atoms with E-state index in [9.17, 15) is 23.2 Å². The maximum absolute atomic E-state index is 13.3. The minimum Gasteiger partial charge on any atom is -0.496 e. The second-order valence-electron chi connectivity index (χ2n) is 12.9. The van der Waals surface area contributed by atoms with Crippen molar-refractivity contribution in [1.82, 2.24) is 0 Å². The average molecular weight is 752 g/mol. The van der Waals surface area contributed by atoms with Gasteiger partial charge in [0, 0.05) is 34.2 Å². The van der Waals surface area contributed by atoms with Crippen LogP contribution in [0.3, 0.4) is 0 Å². The Balaban J connectivity index is 0.000000662. The van der Waals surface area contributed by atoms with E-state index < -0.39 is 46.5 Å². The van der Waals surface area contributed by atoms with Crippen LogP contribution >= 0.6 is 0 Å². The van der Waals surface area contributed by atoms with Crippen LogP contribution in [0, 0.1) is 23.5 Å². The molecule has 3 aromatic carbocycles. The zero-order valence-corrected chi connectivity index (χ0v) is 32.8. The van der Waals surface area contributed by atoms with Crippen LogP contribution in [0.5, 0.6) is 17.2 Å². The summed E-state index contributed by atoms with van der Waals surface area (Å²) >= 11 is 0. The number of nitrogens with one attached hydrogen (secondary N) is 1. The van der Waals surface area contributed by atoms with E-state index in [1.165, 1.54) is 26.0 Å². The molecule has 3 aromatic rings. The smallest absolute Gasteiger partial charge is 0.411 e.